The molecule has 3 unspecified atom stereocenters. The largest absolute Gasteiger partial charge is 0.381 e. The molecule has 1 saturated heterocycles. The molecular weight excluding hydrogens is 198 g/mol. The molecule has 2 bridgehead atoms. The van der Waals surface area contributed by atoms with Crippen LogP contribution in [0.25, 0.3) is 0 Å². The summed E-state index contributed by atoms with van der Waals surface area (Å²) in [6.07, 6.45) is 10.0. The number of ether oxygens (including phenoxy) is 1. The van der Waals surface area contributed by atoms with Gasteiger partial charge >= 0.3 is 0 Å². The lowest BCUT2D eigenvalue weighted by Crippen LogP contribution is -2.36. The van der Waals surface area contributed by atoms with Gasteiger partial charge in [-0.15, -0.1) is 0 Å². The number of hydrogen-bond donors (Lipinski definition) is 1. The van der Waals surface area contributed by atoms with Crippen LogP contribution < -0.4 is 5.32 Å². The van der Waals surface area contributed by atoms with Gasteiger partial charge in [0, 0.05) is 19.3 Å². The SMILES string of the molecule is C(CC1CC2CCC1C2)NC1CCOCC1. The Morgan fingerprint density at radius 3 is 2.56 bits per heavy atom. The van der Waals surface area contributed by atoms with E-state index in [2.05, 4.69) is 5.32 Å². The van der Waals surface area contributed by atoms with E-state index >= 15 is 0 Å². The van der Waals surface area contributed by atoms with E-state index in [1.165, 1.54) is 38.6 Å². The summed E-state index contributed by atoms with van der Waals surface area (Å²) in [5, 5.41) is 3.73. The molecule has 3 rings (SSSR count). The molecule has 3 aliphatic rings. The number of nitrogens with one attached hydrogen (secondary N) is 1. The monoisotopic (exact) mass is 223 g/mol. The van der Waals surface area contributed by atoms with Crippen LogP contribution in [0, 0.1) is 17.8 Å². The summed E-state index contributed by atoms with van der Waals surface area (Å²) in [5.74, 6) is 3.27. The summed E-state index contributed by atoms with van der Waals surface area (Å²) in [4.78, 5) is 0. The van der Waals surface area contributed by atoms with E-state index in [1.54, 1.807) is 12.8 Å². The fourth-order valence-electron chi connectivity index (χ4n) is 4.10. The summed E-state index contributed by atoms with van der Waals surface area (Å²) >= 11 is 0. The lowest BCUT2D eigenvalue weighted by Gasteiger charge is -2.26. The van der Waals surface area contributed by atoms with Gasteiger partial charge in [-0.3, -0.25) is 0 Å². The third kappa shape index (κ3) is 2.43. The topological polar surface area (TPSA) is 21.3 Å². The van der Waals surface area contributed by atoms with E-state index < -0.39 is 0 Å². The van der Waals surface area contributed by atoms with E-state index in [-0.39, 0.29) is 0 Å². The molecule has 0 amide bonds. The maximum Gasteiger partial charge on any atom is 0.0480 e. The lowest BCUT2D eigenvalue weighted by atomic mass is 9.86. The van der Waals surface area contributed by atoms with Gasteiger partial charge in [-0.25, -0.2) is 0 Å². The van der Waals surface area contributed by atoms with Crippen molar-refractivity contribution in [3.05, 3.63) is 0 Å². The van der Waals surface area contributed by atoms with E-state index in [0.717, 1.165) is 37.0 Å². The highest BCUT2D eigenvalue weighted by atomic mass is 16.5. The summed E-state index contributed by atoms with van der Waals surface area (Å²) < 4.78 is 5.38. The zero-order chi connectivity index (χ0) is 10.8. The lowest BCUT2D eigenvalue weighted by molar-refractivity contribution is 0.0774. The number of rotatable bonds is 4. The van der Waals surface area contributed by atoms with Gasteiger partial charge < -0.3 is 10.1 Å². The quantitative estimate of drug-likeness (QED) is 0.791. The van der Waals surface area contributed by atoms with Gasteiger partial charge in [-0.1, -0.05) is 6.42 Å². The van der Waals surface area contributed by atoms with Crippen LogP contribution in [-0.4, -0.2) is 25.8 Å². The smallest absolute Gasteiger partial charge is 0.0480 e. The van der Waals surface area contributed by atoms with E-state index in [1.807, 2.05) is 0 Å². The summed E-state index contributed by atoms with van der Waals surface area (Å²) in [6, 6.07) is 0.743. The van der Waals surface area contributed by atoms with Crippen molar-refractivity contribution in [3.8, 4) is 0 Å². The first-order valence-corrected chi connectivity index (χ1v) is 7.23. The van der Waals surface area contributed by atoms with Crippen LogP contribution in [0.1, 0.15) is 44.9 Å². The molecule has 0 aromatic rings. The van der Waals surface area contributed by atoms with Crippen LogP contribution in [-0.2, 0) is 4.74 Å². The van der Waals surface area contributed by atoms with Crippen LogP contribution in [0.5, 0.6) is 0 Å². The molecule has 3 fully saturated rings. The van der Waals surface area contributed by atoms with Crippen LogP contribution in [0.3, 0.4) is 0 Å². The second-order valence-corrected chi connectivity index (χ2v) is 6.06. The molecule has 0 radical (unpaired) electrons. The molecule has 0 aromatic carbocycles. The zero-order valence-electron chi connectivity index (χ0n) is 10.3. The van der Waals surface area contributed by atoms with Crippen molar-refractivity contribution < 1.29 is 4.74 Å². The van der Waals surface area contributed by atoms with Crippen molar-refractivity contribution in [1.29, 1.82) is 0 Å². The Kier molecular flexibility index (Phi) is 3.49. The first-order valence-electron chi connectivity index (χ1n) is 7.23. The Labute approximate surface area is 99.1 Å². The molecule has 1 N–H and O–H groups in total. The zero-order valence-corrected chi connectivity index (χ0v) is 10.3. The van der Waals surface area contributed by atoms with E-state index in [4.69, 9.17) is 4.74 Å². The van der Waals surface area contributed by atoms with Crippen molar-refractivity contribution in [3.63, 3.8) is 0 Å². The predicted molar refractivity (Wildman–Crippen MR) is 65.4 cm³/mol. The molecule has 2 aliphatic carbocycles. The van der Waals surface area contributed by atoms with Crippen LogP contribution in [0.2, 0.25) is 0 Å². The van der Waals surface area contributed by atoms with Crippen molar-refractivity contribution in [2.24, 2.45) is 17.8 Å². The molecule has 92 valence electrons. The Morgan fingerprint density at radius 2 is 1.88 bits per heavy atom. The average molecular weight is 223 g/mol. The van der Waals surface area contributed by atoms with Gasteiger partial charge in [-0.05, 0) is 62.8 Å². The summed E-state index contributed by atoms with van der Waals surface area (Å²) in [6.45, 7) is 3.18. The Bertz CT molecular complexity index is 225. The van der Waals surface area contributed by atoms with Crippen LogP contribution >= 0.6 is 0 Å². The molecule has 1 heterocycles. The Hall–Kier alpha value is -0.0800. The normalized spacial score (nSPS) is 39.4. The van der Waals surface area contributed by atoms with Gasteiger partial charge in [0.05, 0.1) is 0 Å². The molecule has 2 saturated carbocycles. The minimum Gasteiger partial charge on any atom is -0.381 e. The molecular formula is C14H25NO. The van der Waals surface area contributed by atoms with E-state index in [9.17, 15) is 0 Å². The maximum absolute atomic E-state index is 5.38. The van der Waals surface area contributed by atoms with Gasteiger partial charge in [0.2, 0.25) is 0 Å². The fourth-order valence-corrected chi connectivity index (χ4v) is 4.10. The first kappa shape index (κ1) is 11.0. The third-order valence-corrected chi connectivity index (χ3v) is 5.05. The average Bonchev–Trinajstić information content (AvgIpc) is 2.92. The van der Waals surface area contributed by atoms with Gasteiger partial charge in [-0.2, -0.15) is 0 Å². The molecule has 3 atom stereocenters. The molecule has 2 heteroatoms. The molecule has 2 nitrogen and oxygen atoms in total. The summed E-state index contributed by atoms with van der Waals surface area (Å²) in [5.41, 5.74) is 0. The minimum atomic E-state index is 0.743. The molecule has 1 aliphatic heterocycles. The second kappa shape index (κ2) is 5.05. The highest BCUT2D eigenvalue weighted by Crippen LogP contribution is 2.49. The van der Waals surface area contributed by atoms with Crippen molar-refractivity contribution in [2.45, 2.75) is 51.0 Å². The fraction of sp³-hybridized carbons (Fsp3) is 1.00. The van der Waals surface area contributed by atoms with Crippen LogP contribution in [0.4, 0.5) is 0 Å². The predicted octanol–water partition coefficient (Wildman–Crippen LogP) is 2.58. The maximum atomic E-state index is 5.38. The van der Waals surface area contributed by atoms with Gasteiger partial charge in [0.15, 0.2) is 0 Å². The highest BCUT2D eigenvalue weighted by molar-refractivity contribution is 4.90. The number of hydrogen-bond acceptors (Lipinski definition) is 2. The second-order valence-electron chi connectivity index (χ2n) is 6.06. The minimum absolute atomic E-state index is 0.743. The first-order chi connectivity index (χ1) is 7.92. The van der Waals surface area contributed by atoms with Crippen molar-refractivity contribution >= 4 is 0 Å². The van der Waals surface area contributed by atoms with Crippen molar-refractivity contribution in [2.75, 3.05) is 19.8 Å². The molecule has 0 aromatic heterocycles. The van der Waals surface area contributed by atoms with E-state index in [0.29, 0.717) is 0 Å². The van der Waals surface area contributed by atoms with Crippen molar-refractivity contribution in [1.82, 2.24) is 5.32 Å². The summed E-state index contributed by atoms with van der Waals surface area (Å²) in [7, 11) is 0. The molecule has 16 heavy (non-hydrogen) atoms. The van der Waals surface area contributed by atoms with Gasteiger partial charge in [0.25, 0.3) is 0 Å². The number of fused-ring (bicyclic) bond motifs is 2. The third-order valence-electron chi connectivity index (χ3n) is 5.05. The van der Waals surface area contributed by atoms with Crippen LogP contribution in [0.15, 0.2) is 0 Å². The molecule has 0 spiro atoms. The Balaban J connectivity index is 1.34. The Morgan fingerprint density at radius 1 is 1.00 bits per heavy atom. The van der Waals surface area contributed by atoms with Gasteiger partial charge in [0.1, 0.15) is 0 Å². The standard InChI is InChI=1S/C14H25NO/c1-2-12-9-11(1)10-13(12)3-6-15-14-4-7-16-8-5-14/h11-15H,1-10H2. The highest BCUT2D eigenvalue weighted by Gasteiger charge is 2.38.